The van der Waals surface area contributed by atoms with Gasteiger partial charge in [-0.15, -0.1) is 0 Å². The summed E-state index contributed by atoms with van der Waals surface area (Å²) in [5.41, 5.74) is 7.48. The van der Waals surface area contributed by atoms with Crippen LogP contribution >= 0.6 is 11.8 Å². The van der Waals surface area contributed by atoms with E-state index < -0.39 is 0 Å². The fraction of sp³-hybridized carbons (Fsp3) is 0.600. The Kier molecular flexibility index (Phi) is 4.23. The molecule has 0 radical (unpaired) electrons. The molecule has 0 bridgehead atoms. The fourth-order valence-electron chi connectivity index (χ4n) is 1.44. The molecule has 1 amide bonds. The molecule has 0 unspecified atom stereocenters. The summed E-state index contributed by atoms with van der Waals surface area (Å²) in [6.45, 7) is 2.51. The van der Waals surface area contributed by atoms with Crippen LogP contribution in [-0.4, -0.2) is 46.2 Å². The van der Waals surface area contributed by atoms with Crippen molar-refractivity contribution >= 4 is 23.4 Å². The van der Waals surface area contributed by atoms with E-state index in [1.807, 2.05) is 6.26 Å². The maximum absolute atomic E-state index is 12.1. The molecule has 1 aromatic heterocycles. The average molecular weight is 242 g/mol. The molecule has 5 nitrogen and oxygen atoms in total. The van der Waals surface area contributed by atoms with E-state index in [0.29, 0.717) is 23.6 Å². The van der Waals surface area contributed by atoms with Gasteiger partial charge < -0.3 is 10.6 Å². The number of carbonyl (C=O) groups is 1. The summed E-state index contributed by atoms with van der Waals surface area (Å²) >= 11 is 1.71. The molecule has 0 saturated carbocycles. The Hall–Kier alpha value is -1.17. The lowest BCUT2D eigenvalue weighted by Gasteiger charge is -2.16. The summed E-state index contributed by atoms with van der Waals surface area (Å²) in [7, 11) is 3.51. The molecular formula is C10H18N4OS. The highest BCUT2D eigenvalue weighted by atomic mass is 32.2. The van der Waals surface area contributed by atoms with Gasteiger partial charge in [0, 0.05) is 26.4 Å². The molecule has 6 heteroatoms. The highest BCUT2D eigenvalue weighted by Gasteiger charge is 2.20. The predicted octanol–water partition coefficient (Wildman–Crippen LogP) is 0.746. The molecule has 1 aromatic rings. The number of rotatable bonds is 4. The normalized spacial score (nSPS) is 10.5. The first-order valence-electron chi connectivity index (χ1n) is 5.02. The summed E-state index contributed by atoms with van der Waals surface area (Å²) < 4.78 is 1.54. The van der Waals surface area contributed by atoms with E-state index in [4.69, 9.17) is 5.73 Å². The first-order chi connectivity index (χ1) is 7.49. The quantitative estimate of drug-likeness (QED) is 0.846. The summed E-state index contributed by atoms with van der Waals surface area (Å²) in [5.74, 6) is 0.841. The van der Waals surface area contributed by atoms with E-state index in [0.717, 1.165) is 5.75 Å². The predicted molar refractivity (Wildman–Crippen MR) is 67.7 cm³/mol. The molecular weight excluding hydrogens is 224 g/mol. The highest BCUT2D eigenvalue weighted by Crippen LogP contribution is 2.16. The van der Waals surface area contributed by atoms with Crippen LogP contribution in [0.25, 0.3) is 0 Å². The lowest BCUT2D eigenvalue weighted by Crippen LogP contribution is -2.31. The number of nitrogens with zero attached hydrogens (tertiary/aromatic N) is 3. The number of anilines is 1. The topological polar surface area (TPSA) is 64.2 Å². The van der Waals surface area contributed by atoms with E-state index in [-0.39, 0.29) is 5.91 Å². The molecule has 0 aliphatic rings. The van der Waals surface area contributed by atoms with Crippen molar-refractivity contribution in [3.8, 4) is 0 Å². The molecule has 2 N–H and O–H groups in total. The van der Waals surface area contributed by atoms with Gasteiger partial charge in [-0.3, -0.25) is 9.48 Å². The van der Waals surface area contributed by atoms with Crippen LogP contribution in [0.3, 0.4) is 0 Å². The zero-order chi connectivity index (χ0) is 12.3. The van der Waals surface area contributed by atoms with Gasteiger partial charge in [0.2, 0.25) is 0 Å². The van der Waals surface area contributed by atoms with Crippen molar-refractivity contribution in [2.45, 2.75) is 6.92 Å². The average Bonchev–Trinajstić information content (AvgIpc) is 2.49. The van der Waals surface area contributed by atoms with E-state index in [2.05, 4.69) is 5.10 Å². The second-order valence-electron chi connectivity index (χ2n) is 3.69. The van der Waals surface area contributed by atoms with Gasteiger partial charge >= 0.3 is 0 Å². The third-order valence-electron chi connectivity index (χ3n) is 2.45. The van der Waals surface area contributed by atoms with E-state index >= 15 is 0 Å². The van der Waals surface area contributed by atoms with Gasteiger partial charge in [-0.05, 0) is 13.2 Å². The van der Waals surface area contributed by atoms with Crippen molar-refractivity contribution in [2.24, 2.45) is 7.05 Å². The first-order valence-corrected chi connectivity index (χ1v) is 6.42. The molecule has 16 heavy (non-hydrogen) atoms. The Balaban J connectivity index is 2.87. The summed E-state index contributed by atoms with van der Waals surface area (Å²) in [6.07, 6.45) is 2.01. The third-order valence-corrected chi connectivity index (χ3v) is 3.04. The van der Waals surface area contributed by atoms with Gasteiger partial charge in [-0.2, -0.15) is 16.9 Å². The number of amides is 1. The second kappa shape index (κ2) is 5.25. The minimum absolute atomic E-state index is 0.0744. The van der Waals surface area contributed by atoms with Crippen molar-refractivity contribution in [1.29, 1.82) is 0 Å². The Bertz CT molecular complexity index is 388. The highest BCUT2D eigenvalue weighted by molar-refractivity contribution is 7.98. The molecule has 0 saturated heterocycles. The van der Waals surface area contributed by atoms with Crippen molar-refractivity contribution in [2.75, 3.05) is 31.3 Å². The number of carbonyl (C=O) groups excluding carboxylic acids is 1. The number of aryl methyl sites for hydroxylation is 2. The molecule has 0 aromatic carbocycles. The Morgan fingerprint density at radius 2 is 2.25 bits per heavy atom. The smallest absolute Gasteiger partial charge is 0.274 e. The van der Waals surface area contributed by atoms with E-state index in [9.17, 15) is 4.79 Å². The number of nitrogen functional groups attached to an aromatic ring is 1. The number of nitrogens with two attached hydrogens (primary N) is 1. The van der Waals surface area contributed by atoms with Crippen LogP contribution in [0.15, 0.2) is 0 Å². The maximum atomic E-state index is 12.1. The van der Waals surface area contributed by atoms with Gasteiger partial charge in [0.1, 0.15) is 5.69 Å². The molecule has 0 aliphatic carbocycles. The zero-order valence-electron chi connectivity index (χ0n) is 10.1. The first kappa shape index (κ1) is 12.9. The van der Waals surface area contributed by atoms with Crippen molar-refractivity contribution in [1.82, 2.24) is 14.7 Å². The van der Waals surface area contributed by atoms with Crippen LogP contribution in [0.1, 0.15) is 16.2 Å². The summed E-state index contributed by atoms with van der Waals surface area (Å²) in [5, 5.41) is 4.13. The molecule has 0 atom stereocenters. The largest absolute Gasteiger partial charge is 0.395 e. The van der Waals surface area contributed by atoms with Gasteiger partial charge in [0.15, 0.2) is 0 Å². The van der Waals surface area contributed by atoms with Crippen molar-refractivity contribution < 1.29 is 4.79 Å². The minimum atomic E-state index is -0.0744. The Labute approximate surface area is 100.0 Å². The van der Waals surface area contributed by atoms with Gasteiger partial charge in [-0.25, -0.2) is 0 Å². The standard InChI is InChI=1S/C10H18N4OS/c1-7-8(11)9(14(3)12-7)10(15)13(2)5-6-16-4/h5-6,11H2,1-4H3. The number of hydrogen-bond donors (Lipinski definition) is 1. The van der Waals surface area contributed by atoms with Crippen LogP contribution in [0, 0.1) is 6.92 Å². The summed E-state index contributed by atoms with van der Waals surface area (Å²) in [6, 6.07) is 0. The van der Waals surface area contributed by atoms with Crippen LogP contribution in [-0.2, 0) is 7.05 Å². The number of hydrogen-bond acceptors (Lipinski definition) is 4. The van der Waals surface area contributed by atoms with Crippen LogP contribution in [0.5, 0.6) is 0 Å². The number of thioether (sulfide) groups is 1. The molecule has 1 rings (SSSR count). The minimum Gasteiger partial charge on any atom is -0.395 e. The Morgan fingerprint density at radius 3 is 2.69 bits per heavy atom. The van der Waals surface area contributed by atoms with Crippen molar-refractivity contribution in [3.05, 3.63) is 11.4 Å². The van der Waals surface area contributed by atoms with Gasteiger partial charge in [0.05, 0.1) is 11.4 Å². The second-order valence-corrected chi connectivity index (χ2v) is 4.68. The van der Waals surface area contributed by atoms with Crippen molar-refractivity contribution in [3.63, 3.8) is 0 Å². The lowest BCUT2D eigenvalue weighted by atomic mass is 10.3. The maximum Gasteiger partial charge on any atom is 0.274 e. The number of aromatic nitrogens is 2. The van der Waals surface area contributed by atoms with Crippen LogP contribution in [0.2, 0.25) is 0 Å². The van der Waals surface area contributed by atoms with Gasteiger partial charge in [0.25, 0.3) is 5.91 Å². The SMILES string of the molecule is CSCCN(C)C(=O)c1c(N)c(C)nn1C. The van der Waals surface area contributed by atoms with Crippen LogP contribution < -0.4 is 5.73 Å². The summed E-state index contributed by atoms with van der Waals surface area (Å²) in [4.78, 5) is 13.8. The molecule has 1 heterocycles. The van der Waals surface area contributed by atoms with E-state index in [1.165, 1.54) is 0 Å². The Morgan fingerprint density at radius 1 is 1.62 bits per heavy atom. The van der Waals surface area contributed by atoms with Gasteiger partial charge in [-0.1, -0.05) is 0 Å². The van der Waals surface area contributed by atoms with E-state index in [1.54, 1.807) is 42.4 Å². The lowest BCUT2D eigenvalue weighted by molar-refractivity contribution is 0.0794. The molecule has 0 spiro atoms. The molecule has 0 fully saturated rings. The monoisotopic (exact) mass is 242 g/mol. The molecule has 0 aliphatic heterocycles. The van der Waals surface area contributed by atoms with Crippen LogP contribution in [0.4, 0.5) is 5.69 Å². The molecule has 90 valence electrons. The fourth-order valence-corrected chi connectivity index (χ4v) is 1.90. The zero-order valence-corrected chi connectivity index (χ0v) is 11.0. The third kappa shape index (κ3) is 2.49.